The lowest BCUT2D eigenvalue weighted by Gasteiger charge is -2.28. The Kier molecular flexibility index (Phi) is 8.52. The SMILES string of the molecule is C=CCNC(=NCc1nccn1C)NC1CCC(C)CC1.I. The summed E-state index contributed by atoms with van der Waals surface area (Å²) in [6, 6.07) is 0.527. The predicted molar refractivity (Wildman–Crippen MR) is 103 cm³/mol. The normalized spacial score (nSPS) is 21.8. The average Bonchev–Trinajstić information content (AvgIpc) is 2.89. The van der Waals surface area contributed by atoms with Gasteiger partial charge in [-0.25, -0.2) is 9.98 Å². The maximum absolute atomic E-state index is 4.64. The molecule has 0 saturated heterocycles. The number of aryl methyl sites for hydroxylation is 1. The first kappa shape index (κ1) is 19.0. The number of rotatable bonds is 5. The van der Waals surface area contributed by atoms with Gasteiger partial charge < -0.3 is 15.2 Å². The van der Waals surface area contributed by atoms with Crippen LogP contribution in [0.5, 0.6) is 0 Å². The van der Waals surface area contributed by atoms with Gasteiger partial charge in [-0.15, -0.1) is 30.6 Å². The minimum absolute atomic E-state index is 0. The lowest BCUT2D eigenvalue weighted by molar-refractivity contribution is 0.329. The molecule has 0 bridgehead atoms. The minimum atomic E-state index is 0. The Bertz CT molecular complexity index is 475. The smallest absolute Gasteiger partial charge is 0.192 e. The molecule has 1 aliphatic carbocycles. The summed E-state index contributed by atoms with van der Waals surface area (Å²) in [5, 5.41) is 6.84. The van der Waals surface area contributed by atoms with Crippen molar-refractivity contribution in [2.75, 3.05) is 6.54 Å². The number of halogens is 1. The van der Waals surface area contributed by atoms with E-state index < -0.39 is 0 Å². The van der Waals surface area contributed by atoms with Crippen LogP contribution in [0.25, 0.3) is 0 Å². The van der Waals surface area contributed by atoms with E-state index >= 15 is 0 Å². The molecule has 1 aromatic rings. The number of nitrogens with one attached hydrogen (secondary N) is 2. The van der Waals surface area contributed by atoms with Crippen molar-refractivity contribution in [1.82, 2.24) is 20.2 Å². The van der Waals surface area contributed by atoms with Crippen LogP contribution in [0.4, 0.5) is 0 Å². The number of aromatic nitrogens is 2. The second-order valence-corrected chi connectivity index (χ2v) is 5.89. The molecule has 1 aromatic heterocycles. The van der Waals surface area contributed by atoms with Crippen molar-refractivity contribution in [2.24, 2.45) is 18.0 Å². The first-order valence-corrected chi connectivity index (χ1v) is 7.81. The van der Waals surface area contributed by atoms with Gasteiger partial charge in [0.1, 0.15) is 12.4 Å². The van der Waals surface area contributed by atoms with Gasteiger partial charge in [-0.3, -0.25) is 0 Å². The predicted octanol–water partition coefficient (Wildman–Crippen LogP) is 2.84. The van der Waals surface area contributed by atoms with Crippen LogP contribution in [-0.4, -0.2) is 28.1 Å². The molecule has 1 heterocycles. The maximum atomic E-state index is 4.64. The third-order valence-electron chi connectivity index (χ3n) is 4.07. The highest BCUT2D eigenvalue weighted by molar-refractivity contribution is 14.0. The molecule has 1 saturated carbocycles. The third kappa shape index (κ3) is 5.98. The topological polar surface area (TPSA) is 54.2 Å². The Morgan fingerprint density at radius 3 is 2.77 bits per heavy atom. The van der Waals surface area contributed by atoms with Crippen molar-refractivity contribution in [2.45, 2.75) is 45.2 Å². The fraction of sp³-hybridized carbons (Fsp3) is 0.625. The number of guanidine groups is 1. The van der Waals surface area contributed by atoms with Crippen molar-refractivity contribution in [1.29, 1.82) is 0 Å². The van der Waals surface area contributed by atoms with Gasteiger partial charge in [-0.1, -0.05) is 13.0 Å². The van der Waals surface area contributed by atoms with Crippen molar-refractivity contribution >= 4 is 29.9 Å². The van der Waals surface area contributed by atoms with Gasteiger partial charge in [0.05, 0.1) is 0 Å². The van der Waals surface area contributed by atoms with Crippen LogP contribution in [0.2, 0.25) is 0 Å². The molecular formula is C16H28IN5. The van der Waals surface area contributed by atoms with E-state index in [1.807, 2.05) is 23.9 Å². The summed E-state index contributed by atoms with van der Waals surface area (Å²) in [6.07, 6.45) is 10.6. The van der Waals surface area contributed by atoms with Crippen LogP contribution in [0.15, 0.2) is 30.0 Å². The van der Waals surface area contributed by atoms with E-state index in [9.17, 15) is 0 Å². The molecule has 1 fully saturated rings. The molecule has 0 atom stereocenters. The van der Waals surface area contributed by atoms with Gasteiger partial charge in [-0.2, -0.15) is 0 Å². The molecule has 0 amide bonds. The summed E-state index contributed by atoms with van der Waals surface area (Å²) in [7, 11) is 1.99. The molecule has 2 N–H and O–H groups in total. The zero-order chi connectivity index (χ0) is 15.1. The van der Waals surface area contributed by atoms with Crippen LogP contribution in [0, 0.1) is 5.92 Å². The average molecular weight is 417 g/mol. The van der Waals surface area contributed by atoms with Gasteiger partial charge in [0.15, 0.2) is 5.96 Å². The Morgan fingerprint density at radius 1 is 1.45 bits per heavy atom. The molecule has 2 rings (SSSR count). The number of hydrogen-bond acceptors (Lipinski definition) is 2. The quantitative estimate of drug-likeness (QED) is 0.335. The molecule has 0 unspecified atom stereocenters. The molecule has 0 spiro atoms. The molecule has 0 radical (unpaired) electrons. The first-order valence-electron chi connectivity index (χ1n) is 7.81. The second-order valence-electron chi connectivity index (χ2n) is 5.89. The molecule has 6 heteroatoms. The lowest BCUT2D eigenvalue weighted by Crippen LogP contribution is -2.44. The third-order valence-corrected chi connectivity index (χ3v) is 4.07. The minimum Gasteiger partial charge on any atom is -0.354 e. The summed E-state index contributed by atoms with van der Waals surface area (Å²) in [5.74, 6) is 2.68. The summed E-state index contributed by atoms with van der Waals surface area (Å²) < 4.78 is 2.00. The molecule has 0 aliphatic heterocycles. The molecule has 22 heavy (non-hydrogen) atoms. The summed E-state index contributed by atoms with van der Waals surface area (Å²) in [6.45, 7) is 7.39. The molecule has 5 nitrogen and oxygen atoms in total. The van der Waals surface area contributed by atoms with E-state index in [1.165, 1.54) is 25.7 Å². The number of imidazole rings is 1. The van der Waals surface area contributed by atoms with E-state index in [0.29, 0.717) is 12.6 Å². The van der Waals surface area contributed by atoms with Crippen LogP contribution in [0.1, 0.15) is 38.4 Å². The highest BCUT2D eigenvalue weighted by atomic mass is 127. The number of aliphatic imine (C=N–C) groups is 1. The monoisotopic (exact) mass is 417 g/mol. The summed E-state index contributed by atoms with van der Waals surface area (Å²) >= 11 is 0. The Balaban J connectivity index is 0.00000242. The first-order chi connectivity index (χ1) is 10.2. The van der Waals surface area contributed by atoms with E-state index in [4.69, 9.17) is 0 Å². The van der Waals surface area contributed by atoms with E-state index in [2.05, 4.69) is 34.1 Å². The van der Waals surface area contributed by atoms with Gasteiger partial charge in [0.2, 0.25) is 0 Å². The van der Waals surface area contributed by atoms with Crippen LogP contribution in [0.3, 0.4) is 0 Å². The zero-order valence-corrected chi connectivity index (χ0v) is 15.9. The van der Waals surface area contributed by atoms with Crippen molar-refractivity contribution in [3.05, 3.63) is 30.9 Å². The van der Waals surface area contributed by atoms with Crippen LogP contribution >= 0.6 is 24.0 Å². The highest BCUT2D eigenvalue weighted by Gasteiger charge is 2.18. The molecular weight excluding hydrogens is 389 g/mol. The van der Waals surface area contributed by atoms with Crippen molar-refractivity contribution < 1.29 is 0 Å². The van der Waals surface area contributed by atoms with E-state index in [-0.39, 0.29) is 24.0 Å². The highest BCUT2D eigenvalue weighted by Crippen LogP contribution is 2.23. The van der Waals surface area contributed by atoms with E-state index in [0.717, 1.165) is 24.2 Å². The second kappa shape index (κ2) is 9.86. The number of nitrogens with zero attached hydrogens (tertiary/aromatic N) is 3. The Hall–Kier alpha value is -1.05. The number of hydrogen-bond donors (Lipinski definition) is 2. The molecule has 124 valence electrons. The van der Waals surface area contributed by atoms with Crippen LogP contribution < -0.4 is 10.6 Å². The maximum Gasteiger partial charge on any atom is 0.192 e. The van der Waals surface area contributed by atoms with Gasteiger partial charge in [0.25, 0.3) is 0 Å². The zero-order valence-electron chi connectivity index (χ0n) is 13.6. The summed E-state index contributed by atoms with van der Waals surface area (Å²) in [5.41, 5.74) is 0. The van der Waals surface area contributed by atoms with E-state index in [1.54, 1.807) is 6.20 Å². The molecule has 1 aliphatic rings. The van der Waals surface area contributed by atoms with Crippen molar-refractivity contribution in [3.63, 3.8) is 0 Å². The Morgan fingerprint density at radius 2 is 2.18 bits per heavy atom. The fourth-order valence-electron chi connectivity index (χ4n) is 2.62. The van der Waals surface area contributed by atoms with Crippen LogP contribution in [-0.2, 0) is 13.6 Å². The Labute approximate surface area is 150 Å². The standard InChI is InChI=1S/C16H27N5.HI/c1-4-9-18-16(19-12-15-17-10-11-21(15)3)20-14-7-5-13(2)6-8-14;/h4,10-11,13-14H,1,5-9,12H2,2-3H3,(H2,18,19,20);1H. The van der Waals surface area contributed by atoms with Gasteiger partial charge in [-0.05, 0) is 31.6 Å². The van der Waals surface area contributed by atoms with Crippen molar-refractivity contribution in [3.8, 4) is 0 Å². The summed E-state index contributed by atoms with van der Waals surface area (Å²) in [4.78, 5) is 8.95. The fourth-order valence-corrected chi connectivity index (χ4v) is 2.62. The van der Waals surface area contributed by atoms with Gasteiger partial charge in [0, 0.05) is 32.0 Å². The largest absolute Gasteiger partial charge is 0.354 e. The van der Waals surface area contributed by atoms with Gasteiger partial charge >= 0.3 is 0 Å². The molecule has 0 aromatic carbocycles. The lowest BCUT2D eigenvalue weighted by atomic mass is 9.87.